The van der Waals surface area contributed by atoms with Crippen molar-refractivity contribution >= 4 is 5.95 Å². The highest BCUT2D eigenvalue weighted by Crippen LogP contribution is 2.23. The first-order valence-electron chi connectivity index (χ1n) is 6.74. The molecule has 0 atom stereocenters. The Balaban J connectivity index is 1.78. The van der Waals surface area contributed by atoms with E-state index in [4.69, 9.17) is 14.7 Å². The summed E-state index contributed by atoms with van der Waals surface area (Å²) in [6, 6.07) is 3.63. The lowest BCUT2D eigenvalue weighted by Gasteiger charge is -2.16. The minimum atomic E-state index is 0.368. The average molecular weight is 262 g/mol. The molecule has 102 valence electrons. The van der Waals surface area contributed by atoms with Gasteiger partial charge in [-0.15, -0.1) is 0 Å². The van der Waals surface area contributed by atoms with Gasteiger partial charge in [0, 0.05) is 13.1 Å². The summed E-state index contributed by atoms with van der Waals surface area (Å²) < 4.78 is 10.8. The normalized spacial score (nSPS) is 16.6. The van der Waals surface area contributed by atoms with Crippen LogP contribution in [-0.4, -0.2) is 23.2 Å². The first kappa shape index (κ1) is 12.2. The molecular weight excluding hydrogens is 244 g/mol. The summed E-state index contributed by atoms with van der Waals surface area (Å²) in [4.78, 5) is 6.58. The molecular formula is C13H18N4O2. The molecule has 0 amide bonds. The van der Waals surface area contributed by atoms with Crippen LogP contribution in [0.15, 0.2) is 21.1 Å². The molecule has 19 heavy (non-hydrogen) atoms. The molecule has 0 saturated carbocycles. The van der Waals surface area contributed by atoms with Crippen LogP contribution in [0, 0.1) is 0 Å². The van der Waals surface area contributed by atoms with Crippen molar-refractivity contribution in [1.29, 1.82) is 0 Å². The van der Waals surface area contributed by atoms with E-state index in [0.29, 0.717) is 29.9 Å². The number of nitrogens with two attached hydrogens (primary N) is 1. The number of hydrogen-bond donors (Lipinski definition) is 1. The van der Waals surface area contributed by atoms with Gasteiger partial charge in [0.15, 0.2) is 5.76 Å². The fourth-order valence-corrected chi connectivity index (χ4v) is 2.32. The third-order valence-electron chi connectivity index (χ3n) is 3.38. The van der Waals surface area contributed by atoms with E-state index in [0.717, 1.165) is 13.1 Å². The van der Waals surface area contributed by atoms with Gasteiger partial charge in [0.25, 0.3) is 11.8 Å². The van der Waals surface area contributed by atoms with Crippen LogP contribution < -0.4 is 10.6 Å². The highest BCUT2D eigenvalue weighted by molar-refractivity contribution is 5.47. The molecule has 0 unspecified atom stereocenters. The second-order valence-electron chi connectivity index (χ2n) is 4.77. The van der Waals surface area contributed by atoms with Crippen molar-refractivity contribution < 1.29 is 8.94 Å². The number of hydrogen-bond acceptors (Lipinski definition) is 6. The van der Waals surface area contributed by atoms with Gasteiger partial charge in [-0.2, -0.15) is 4.98 Å². The predicted octanol–water partition coefficient (Wildman–Crippen LogP) is 2.17. The lowest BCUT2D eigenvalue weighted by molar-refractivity contribution is 0.410. The standard InChI is InChI=1S/C13H18N4O2/c14-9-10-5-6-11(18-10)12-15-13(16-19-12)17-7-3-1-2-4-8-17/h5-6H,1-4,7-9,14H2. The minimum absolute atomic E-state index is 0.368. The summed E-state index contributed by atoms with van der Waals surface area (Å²) in [7, 11) is 0. The van der Waals surface area contributed by atoms with E-state index < -0.39 is 0 Å². The van der Waals surface area contributed by atoms with Crippen LogP contribution >= 0.6 is 0 Å². The Morgan fingerprint density at radius 3 is 2.63 bits per heavy atom. The number of nitrogens with zero attached hydrogens (tertiary/aromatic N) is 3. The Kier molecular flexibility index (Phi) is 3.50. The molecule has 2 N–H and O–H groups in total. The summed E-state index contributed by atoms with van der Waals surface area (Å²) >= 11 is 0. The van der Waals surface area contributed by atoms with Gasteiger partial charge in [0.05, 0.1) is 6.54 Å². The molecule has 0 aromatic carbocycles. The van der Waals surface area contributed by atoms with Gasteiger partial charge in [0.2, 0.25) is 0 Å². The molecule has 0 aliphatic carbocycles. The minimum Gasteiger partial charge on any atom is -0.455 e. The van der Waals surface area contributed by atoms with Gasteiger partial charge in [0.1, 0.15) is 5.76 Å². The van der Waals surface area contributed by atoms with E-state index in [1.807, 2.05) is 12.1 Å². The zero-order valence-corrected chi connectivity index (χ0v) is 10.8. The van der Waals surface area contributed by atoms with Crippen molar-refractivity contribution in [3.8, 4) is 11.7 Å². The molecule has 2 aromatic rings. The fraction of sp³-hybridized carbons (Fsp3) is 0.538. The number of anilines is 1. The van der Waals surface area contributed by atoms with Crippen molar-refractivity contribution in [2.75, 3.05) is 18.0 Å². The predicted molar refractivity (Wildman–Crippen MR) is 70.6 cm³/mol. The molecule has 1 aliphatic heterocycles. The Morgan fingerprint density at radius 2 is 1.95 bits per heavy atom. The molecule has 0 radical (unpaired) electrons. The smallest absolute Gasteiger partial charge is 0.295 e. The Hall–Kier alpha value is -1.82. The summed E-state index contributed by atoms with van der Waals surface area (Å²) in [6.45, 7) is 2.35. The van der Waals surface area contributed by atoms with Crippen LogP contribution in [0.3, 0.4) is 0 Å². The fourth-order valence-electron chi connectivity index (χ4n) is 2.32. The maximum atomic E-state index is 5.51. The van der Waals surface area contributed by atoms with Crippen LogP contribution in [0.5, 0.6) is 0 Å². The highest BCUT2D eigenvalue weighted by atomic mass is 16.5. The second-order valence-corrected chi connectivity index (χ2v) is 4.77. The van der Waals surface area contributed by atoms with Gasteiger partial charge in [-0.05, 0) is 30.1 Å². The Bertz CT molecular complexity index is 526. The second kappa shape index (κ2) is 5.44. The molecule has 2 aromatic heterocycles. The van der Waals surface area contributed by atoms with E-state index in [2.05, 4.69) is 15.0 Å². The first-order chi connectivity index (χ1) is 9.36. The van der Waals surface area contributed by atoms with E-state index in [-0.39, 0.29) is 0 Å². The van der Waals surface area contributed by atoms with Crippen molar-refractivity contribution in [3.05, 3.63) is 17.9 Å². The molecule has 1 fully saturated rings. The topological polar surface area (TPSA) is 81.3 Å². The molecule has 6 heteroatoms. The molecule has 6 nitrogen and oxygen atoms in total. The highest BCUT2D eigenvalue weighted by Gasteiger charge is 2.18. The van der Waals surface area contributed by atoms with Crippen molar-refractivity contribution in [2.24, 2.45) is 5.73 Å². The van der Waals surface area contributed by atoms with Crippen molar-refractivity contribution in [3.63, 3.8) is 0 Å². The maximum absolute atomic E-state index is 5.51. The summed E-state index contributed by atoms with van der Waals surface area (Å²) in [5, 5.41) is 4.04. The van der Waals surface area contributed by atoms with Crippen molar-refractivity contribution in [2.45, 2.75) is 32.2 Å². The zero-order valence-electron chi connectivity index (χ0n) is 10.8. The van der Waals surface area contributed by atoms with Gasteiger partial charge >= 0.3 is 0 Å². The van der Waals surface area contributed by atoms with Gasteiger partial charge in [-0.25, -0.2) is 0 Å². The van der Waals surface area contributed by atoms with Crippen LogP contribution in [0.1, 0.15) is 31.4 Å². The SMILES string of the molecule is NCc1ccc(-c2nc(N3CCCCCC3)no2)o1. The van der Waals surface area contributed by atoms with Gasteiger partial charge < -0.3 is 19.6 Å². The summed E-state index contributed by atoms with van der Waals surface area (Å²) in [5.74, 6) is 2.36. The largest absolute Gasteiger partial charge is 0.455 e. The molecule has 3 rings (SSSR count). The molecule has 0 bridgehead atoms. The third-order valence-corrected chi connectivity index (χ3v) is 3.38. The quantitative estimate of drug-likeness (QED) is 0.913. The lowest BCUT2D eigenvalue weighted by atomic mass is 10.2. The third kappa shape index (κ3) is 2.63. The lowest BCUT2D eigenvalue weighted by Crippen LogP contribution is -2.24. The number of rotatable bonds is 3. The molecule has 3 heterocycles. The molecule has 0 spiro atoms. The Morgan fingerprint density at radius 1 is 1.16 bits per heavy atom. The van der Waals surface area contributed by atoms with E-state index in [9.17, 15) is 0 Å². The van der Waals surface area contributed by atoms with Crippen LogP contribution in [0.25, 0.3) is 11.7 Å². The average Bonchev–Trinajstić information content (AvgIpc) is 3.02. The van der Waals surface area contributed by atoms with Crippen LogP contribution in [-0.2, 0) is 6.54 Å². The number of aromatic nitrogens is 2. The van der Waals surface area contributed by atoms with Crippen LogP contribution in [0.2, 0.25) is 0 Å². The van der Waals surface area contributed by atoms with Crippen LogP contribution in [0.4, 0.5) is 5.95 Å². The summed E-state index contributed by atoms with van der Waals surface area (Å²) in [5.41, 5.74) is 5.51. The summed E-state index contributed by atoms with van der Waals surface area (Å²) in [6.07, 6.45) is 4.92. The zero-order chi connectivity index (χ0) is 13.1. The molecule has 1 saturated heterocycles. The van der Waals surface area contributed by atoms with Gasteiger partial charge in [-0.3, -0.25) is 0 Å². The Labute approximate surface area is 111 Å². The van der Waals surface area contributed by atoms with E-state index in [1.54, 1.807) is 0 Å². The molecule has 1 aliphatic rings. The number of furan rings is 1. The monoisotopic (exact) mass is 262 g/mol. The van der Waals surface area contributed by atoms with Crippen molar-refractivity contribution in [1.82, 2.24) is 10.1 Å². The van der Waals surface area contributed by atoms with E-state index in [1.165, 1.54) is 25.7 Å². The first-order valence-corrected chi connectivity index (χ1v) is 6.74. The van der Waals surface area contributed by atoms with Gasteiger partial charge in [-0.1, -0.05) is 12.8 Å². The van der Waals surface area contributed by atoms with E-state index >= 15 is 0 Å². The maximum Gasteiger partial charge on any atom is 0.295 e.